The number of ether oxygens (including phenoxy) is 8. The van der Waals surface area contributed by atoms with Crippen molar-refractivity contribution in [1.82, 2.24) is 0 Å². The summed E-state index contributed by atoms with van der Waals surface area (Å²) in [7, 11) is 1.38. The average molecular weight is 1740 g/mol. The molecule has 0 aromatic carbocycles. The third-order valence-corrected chi connectivity index (χ3v) is 4.13. The number of hydrogen-bond acceptors (Lipinski definition) is 16. The molecule has 0 aromatic rings. The third-order valence-electron chi connectivity index (χ3n) is 4.13. The van der Waals surface area contributed by atoms with Crippen molar-refractivity contribution in [2.45, 2.75) is 56.2 Å². The number of alkyl halides is 9. The molecule has 380 valence electrons. The summed E-state index contributed by atoms with van der Waals surface area (Å²) in [6, 6.07) is 0. The largest absolute Gasteiger partial charge is 0.419 e. The monoisotopic (exact) mass is 1740 g/mol. The van der Waals surface area contributed by atoms with Crippen LogP contribution in [0.25, 0.3) is 0 Å². The van der Waals surface area contributed by atoms with Crippen molar-refractivity contribution in [3.05, 3.63) is 20.3 Å². The van der Waals surface area contributed by atoms with Gasteiger partial charge in [0.2, 0.25) is 0 Å². The van der Waals surface area contributed by atoms with E-state index in [0.29, 0.717) is 6.92 Å². The van der Waals surface area contributed by atoms with E-state index in [1.54, 1.807) is 0 Å². The summed E-state index contributed by atoms with van der Waals surface area (Å²) in [6.45, 7) is -7.12. The van der Waals surface area contributed by atoms with Gasteiger partial charge in [0.25, 0.3) is 11.8 Å². The van der Waals surface area contributed by atoms with E-state index in [1.165, 1.54) is 7.11 Å². The topological polar surface area (TPSA) is 236 Å². The molecule has 0 aliphatic rings. The maximum absolute atomic E-state index is 11.9. The quantitative estimate of drug-likeness (QED) is 0.0232. The number of aliphatic hydroxyl groups is 7. The molecule has 3 unspecified atom stereocenters. The molecule has 8 N–H and O–H groups in total. The maximum Gasteiger partial charge on any atom is 0.376 e. The van der Waals surface area contributed by atoms with Gasteiger partial charge in [0.1, 0.15) is 58.2 Å². The zero-order valence-corrected chi connectivity index (χ0v) is 54.2. The zero-order chi connectivity index (χ0) is 47.6. The summed E-state index contributed by atoms with van der Waals surface area (Å²) in [5.41, 5.74) is 0. The Bertz CT molecular complexity index is 833. The summed E-state index contributed by atoms with van der Waals surface area (Å²) in [5, 5.41) is 64.2. The molecule has 63 heavy (non-hydrogen) atoms. The van der Waals surface area contributed by atoms with Crippen LogP contribution in [0.2, 0.25) is 0 Å². The fourth-order valence-corrected chi connectivity index (χ4v) is 2.19. The molecule has 0 radical (unpaired) electrons. The fourth-order valence-electron chi connectivity index (χ4n) is 2.19. The average Bonchev–Trinajstić information content (AvgIpc) is 3.08. The van der Waals surface area contributed by atoms with E-state index < -0.39 is 115 Å². The summed E-state index contributed by atoms with van der Waals surface area (Å²) in [5.74, 6) is -5.65. The zero-order valence-electron chi connectivity index (χ0n) is 35.0. The molecule has 0 fully saturated rings. The summed E-state index contributed by atoms with van der Waals surface area (Å²) >= 11 is 0. The molecule has 16 nitrogen and oxygen atoms in total. The van der Waals surface area contributed by atoms with Gasteiger partial charge in [0, 0.05) is 33.8 Å². The third kappa shape index (κ3) is 108. The van der Waals surface area contributed by atoms with Crippen molar-refractivity contribution in [1.29, 1.82) is 0 Å². The van der Waals surface area contributed by atoms with E-state index in [1.807, 2.05) is 0 Å². The van der Waals surface area contributed by atoms with Gasteiger partial charge in [-0.15, -0.1) is 0 Å². The van der Waals surface area contributed by atoms with Crippen LogP contribution in [0.5, 0.6) is 0 Å². The van der Waals surface area contributed by atoms with Gasteiger partial charge < -0.3 is 98.6 Å². The second kappa shape index (κ2) is 51.7. The number of hydrogen-bond donors (Lipinski definition) is 8. The Morgan fingerprint density at radius 2 is 0.825 bits per heavy atom. The van der Waals surface area contributed by atoms with Gasteiger partial charge in [-0.3, -0.25) is 0 Å². The molecule has 0 saturated heterocycles. The first kappa shape index (κ1) is 82.1. The smallest absolute Gasteiger partial charge is 0.376 e. The molecule has 0 aliphatic carbocycles. The second-order valence-corrected chi connectivity index (χ2v) is 10.6. The SMILES string of the molecule is CC(F)(F)CO.COCOCC(C)(F)F.OC(COCCF)COC[C-](F)F.OC(COC[C-](F)F)COCC(O)(F)F.OCCOCC(O)COCC(O)(F)F.OF.[CH3-].[Rf].[Rf].[Rf]. The molecule has 0 amide bonds. The van der Waals surface area contributed by atoms with E-state index >= 15 is 0 Å². The van der Waals surface area contributed by atoms with Crippen LogP contribution in [-0.2, 0) is 37.9 Å². The number of methoxy groups -OCH3 is 1. The summed E-state index contributed by atoms with van der Waals surface area (Å²) < 4.78 is 194. The summed E-state index contributed by atoms with van der Waals surface area (Å²) in [4.78, 5) is 0. The van der Waals surface area contributed by atoms with E-state index in [0.717, 1.165) is 6.92 Å². The van der Waals surface area contributed by atoms with Gasteiger partial charge in [-0.2, -0.15) is 17.6 Å². The van der Waals surface area contributed by atoms with Crippen molar-refractivity contribution in [3.8, 4) is 0 Å². The molecule has 0 spiro atoms. The van der Waals surface area contributed by atoms with E-state index in [2.05, 4.69) is 33.2 Å². The molecular weight excluding hydrogens is 1680 g/mol. The van der Waals surface area contributed by atoms with Crippen molar-refractivity contribution < 1.29 is 141 Å². The van der Waals surface area contributed by atoms with Crippen LogP contribution >= 0.6 is 0 Å². The first-order chi connectivity index (χ1) is 27.1. The molecule has 0 aromatic heterocycles. The van der Waals surface area contributed by atoms with Crippen LogP contribution in [0, 0.1) is 20.3 Å². The first-order valence-electron chi connectivity index (χ1n) is 15.9. The van der Waals surface area contributed by atoms with Crippen LogP contribution in [0.1, 0.15) is 13.8 Å². The van der Waals surface area contributed by atoms with Gasteiger partial charge in [0.05, 0.1) is 59.5 Å². The van der Waals surface area contributed by atoms with Crippen molar-refractivity contribution in [2.24, 2.45) is 0 Å². The van der Waals surface area contributed by atoms with Crippen molar-refractivity contribution >= 4 is 0 Å². The van der Waals surface area contributed by atoms with E-state index in [-0.39, 0.29) is 60.5 Å². The Morgan fingerprint density at radius 1 is 0.524 bits per heavy atom. The van der Waals surface area contributed by atoms with Crippen LogP contribution in [-0.4, -0.2) is 203 Å². The van der Waals surface area contributed by atoms with Crippen LogP contribution < -0.4 is 0 Å². The number of halogens is 14. The number of aliphatic hydroxyl groups excluding tert-OH is 5. The Kier molecular flexibility index (Phi) is 67.4. The molecule has 0 heterocycles. The predicted octanol–water partition coefficient (Wildman–Crippen LogP) is 2.34. The minimum absolute atomic E-state index is 0. The predicted molar refractivity (Wildman–Crippen MR) is 177 cm³/mol. The van der Waals surface area contributed by atoms with Crippen LogP contribution in [0.4, 0.5) is 61.6 Å². The van der Waals surface area contributed by atoms with E-state index in [4.69, 9.17) is 50.3 Å². The molecular formula is C30H57F14O16Rf3-3. The van der Waals surface area contributed by atoms with Gasteiger partial charge >= 0.3 is 12.2 Å². The minimum Gasteiger partial charge on any atom is -0.419 e. The van der Waals surface area contributed by atoms with E-state index in [9.17, 15) is 57.1 Å². The van der Waals surface area contributed by atoms with Gasteiger partial charge in [0.15, 0.2) is 0 Å². The van der Waals surface area contributed by atoms with Crippen LogP contribution in [0.3, 0.4) is 0 Å². The maximum atomic E-state index is 11.9. The van der Waals surface area contributed by atoms with Crippen LogP contribution in [0.15, 0.2) is 0 Å². The Morgan fingerprint density at radius 3 is 1.06 bits per heavy atom. The fraction of sp³-hybridized carbons (Fsp3) is 0.900. The molecule has 0 aliphatic heterocycles. The second-order valence-electron chi connectivity index (χ2n) is 10.6. The molecule has 33 heteroatoms. The molecule has 3 atom stereocenters. The first-order valence-corrected chi connectivity index (χ1v) is 15.9. The molecule has 0 saturated carbocycles. The minimum atomic E-state index is -3.97. The summed E-state index contributed by atoms with van der Waals surface area (Å²) in [6.07, 6.45) is -15.0. The van der Waals surface area contributed by atoms with Gasteiger partial charge in [-0.05, 0) is 13.2 Å². The Labute approximate surface area is 337 Å². The van der Waals surface area contributed by atoms with Crippen molar-refractivity contribution in [3.63, 3.8) is 0 Å². The van der Waals surface area contributed by atoms with Gasteiger partial charge in [-0.25, -0.2) is 27.3 Å². The number of rotatable bonds is 29. The Hall–Kier alpha value is -4.62. The molecule has 0 bridgehead atoms. The Balaban J connectivity index is -0.0000000695. The van der Waals surface area contributed by atoms with Crippen molar-refractivity contribution in [2.75, 3.05) is 120 Å². The standard InChI is InChI=1S/C7H11F4O4.C7H12F3O3.C7H14F2O5.C5H10F2O2.C3H6F2O.CH3.FHO.3Rf/c8-6(9)3-14-1-5(12)2-15-4-7(10,11)13;8-1-2-12-3-6(11)4-13-5-7(9)10;8-7(9,12)5-14-4-6(11)3-13-2-1-10;1-5(6,7)3-9-4-8-2;1-3(4,5)2-6;;1-2;;;/h5,12-13H,1-4H2;6,11H,1-5H2;6,10-12H,1-5H2;3-4H2,1-2H3;6H,2H2,1H3;1H3;2H;;;/q2*-1;;;;-1;;;;. The normalized spacial score (nSPS) is 12.4. The van der Waals surface area contributed by atoms with Gasteiger partial charge in [-0.1, -0.05) is 4.53 Å². The molecule has 0 rings (SSSR count).